The minimum atomic E-state index is -0.505. The first kappa shape index (κ1) is 25.8. The van der Waals surface area contributed by atoms with Gasteiger partial charge < -0.3 is 18.9 Å². The molecule has 0 aromatic heterocycles. The highest BCUT2D eigenvalue weighted by molar-refractivity contribution is 5.99. The van der Waals surface area contributed by atoms with Crippen LogP contribution in [-0.4, -0.2) is 37.5 Å². The first-order chi connectivity index (χ1) is 18.4. The Hall–Kier alpha value is -3.87. The Labute approximate surface area is 222 Å². The van der Waals surface area contributed by atoms with Crippen LogP contribution < -0.4 is 14.2 Å². The van der Waals surface area contributed by atoms with Crippen molar-refractivity contribution in [1.82, 2.24) is 0 Å². The standard InChI is InChI=1S/C31H32O7/c1-19-9-8-13-23(32)12-5-3-4-11-21-16-26-29(30(35-2)28(21)31(34)37-19)24(17-27(33)38-26)22-15-20-10-6-7-14-25(20)36-18-22/h4,6-7,10-11,14-16,19,24H,3,5,8-9,12-13,17-18H2,1-2H3/t19-,24?/m0/s1. The van der Waals surface area contributed by atoms with E-state index in [1.165, 1.54) is 7.11 Å². The Bertz CT molecular complexity index is 1320. The lowest BCUT2D eigenvalue weighted by Gasteiger charge is -2.31. The van der Waals surface area contributed by atoms with Gasteiger partial charge in [0, 0.05) is 29.9 Å². The minimum Gasteiger partial charge on any atom is -0.495 e. The number of benzene rings is 2. The normalized spacial score (nSPS) is 21.9. The molecule has 0 radical (unpaired) electrons. The Morgan fingerprint density at radius 2 is 1.82 bits per heavy atom. The van der Waals surface area contributed by atoms with E-state index in [1.54, 1.807) is 6.07 Å². The van der Waals surface area contributed by atoms with Crippen LogP contribution in [0.3, 0.4) is 0 Å². The van der Waals surface area contributed by atoms with Crippen molar-refractivity contribution in [2.45, 2.75) is 63.9 Å². The van der Waals surface area contributed by atoms with Gasteiger partial charge in [-0.3, -0.25) is 9.59 Å². The molecule has 7 nitrogen and oxygen atoms in total. The number of cyclic esters (lactones) is 1. The fourth-order valence-corrected chi connectivity index (χ4v) is 5.36. The zero-order chi connectivity index (χ0) is 26.6. The molecular formula is C31H32O7. The molecule has 0 amide bonds. The summed E-state index contributed by atoms with van der Waals surface area (Å²) in [6.07, 6.45) is 9.23. The van der Waals surface area contributed by atoms with E-state index in [4.69, 9.17) is 18.9 Å². The molecule has 0 spiro atoms. The average Bonchev–Trinajstić information content (AvgIpc) is 2.90. The Kier molecular flexibility index (Phi) is 7.63. The number of ketones is 1. The fourth-order valence-electron chi connectivity index (χ4n) is 5.36. The number of Topliss-reactive ketones (excluding diaryl/α,β-unsaturated/α-hetero) is 1. The molecule has 0 bridgehead atoms. The largest absolute Gasteiger partial charge is 0.495 e. The van der Waals surface area contributed by atoms with Crippen LogP contribution in [0, 0.1) is 0 Å². The molecule has 3 aliphatic rings. The third kappa shape index (κ3) is 5.37. The first-order valence-corrected chi connectivity index (χ1v) is 13.2. The summed E-state index contributed by atoms with van der Waals surface area (Å²) in [7, 11) is 1.52. The van der Waals surface area contributed by atoms with E-state index in [-0.39, 0.29) is 30.2 Å². The van der Waals surface area contributed by atoms with E-state index < -0.39 is 5.97 Å². The van der Waals surface area contributed by atoms with Crippen molar-refractivity contribution < 1.29 is 33.3 Å². The predicted molar refractivity (Wildman–Crippen MR) is 143 cm³/mol. The molecule has 198 valence electrons. The van der Waals surface area contributed by atoms with Crippen molar-refractivity contribution in [1.29, 1.82) is 0 Å². The number of allylic oxidation sites excluding steroid dienone is 1. The number of para-hydroxylation sites is 1. The molecule has 5 rings (SSSR count). The van der Waals surface area contributed by atoms with Crippen LogP contribution in [0.4, 0.5) is 0 Å². The number of methoxy groups -OCH3 is 1. The highest BCUT2D eigenvalue weighted by Gasteiger charge is 2.37. The van der Waals surface area contributed by atoms with Gasteiger partial charge in [-0.1, -0.05) is 30.4 Å². The molecular weight excluding hydrogens is 484 g/mol. The monoisotopic (exact) mass is 516 g/mol. The Morgan fingerprint density at radius 1 is 1.00 bits per heavy atom. The van der Waals surface area contributed by atoms with Crippen LogP contribution >= 0.6 is 0 Å². The fraction of sp³-hybridized carbons (Fsp3) is 0.387. The van der Waals surface area contributed by atoms with Gasteiger partial charge in [-0.05, 0) is 62.0 Å². The molecule has 7 heteroatoms. The number of carbonyl (C=O) groups is 3. The number of fused-ring (bicyclic) bond motifs is 3. The average molecular weight is 517 g/mol. The Balaban J connectivity index is 1.62. The molecule has 0 aliphatic carbocycles. The maximum absolute atomic E-state index is 13.6. The quantitative estimate of drug-likeness (QED) is 0.355. The van der Waals surface area contributed by atoms with E-state index in [0.29, 0.717) is 66.9 Å². The van der Waals surface area contributed by atoms with Gasteiger partial charge in [-0.15, -0.1) is 0 Å². The second-order valence-electron chi connectivity index (χ2n) is 10.0. The van der Waals surface area contributed by atoms with Crippen LogP contribution in [-0.2, 0) is 14.3 Å². The molecule has 2 aromatic rings. The van der Waals surface area contributed by atoms with Crippen molar-refractivity contribution in [2.24, 2.45) is 0 Å². The second kappa shape index (κ2) is 11.3. The van der Waals surface area contributed by atoms with Gasteiger partial charge in [-0.25, -0.2) is 4.79 Å². The van der Waals surface area contributed by atoms with Crippen LogP contribution in [0.25, 0.3) is 12.2 Å². The van der Waals surface area contributed by atoms with Gasteiger partial charge in [0.15, 0.2) is 0 Å². The SMILES string of the molecule is COc1c2c(cc3c1C(C1=Cc4ccccc4OC1)CC(=O)O3)C=CCCCC(=O)CCC[C@H](C)OC2=O. The number of esters is 2. The van der Waals surface area contributed by atoms with Crippen LogP contribution in [0.15, 0.2) is 42.0 Å². The summed E-state index contributed by atoms with van der Waals surface area (Å²) in [6, 6.07) is 9.45. The molecule has 1 unspecified atom stereocenters. The van der Waals surface area contributed by atoms with Crippen LogP contribution in [0.1, 0.15) is 84.8 Å². The van der Waals surface area contributed by atoms with Gasteiger partial charge in [0.25, 0.3) is 0 Å². The maximum Gasteiger partial charge on any atom is 0.342 e. The zero-order valence-corrected chi connectivity index (χ0v) is 21.8. The molecule has 38 heavy (non-hydrogen) atoms. The minimum absolute atomic E-state index is 0.106. The molecule has 0 N–H and O–H groups in total. The highest BCUT2D eigenvalue weighted by atomic mass is 16.5. The summed E-state index contributed by atoms with van der Waals surface area (Å²) in [5.74, 6) is 0.483. The van der Waals surface area contributed by atoms with E-state index >= 15 is 0 Å². The number of rotatable bonds is 2. The smallest absolute Gasteiger partial charge is 0.342 e. The van der Waals surface area contributed by atoms with E-state index in [1.807, 2.05) is 49.4 Å². The third-order valence-electron chi connectivity index (χ3n) is 7.26. The predicted octanol–water partition coefficient (Wildman–Crippen LogP) is 6.05. The molecule has 3 heterocycles. The molecule has 2 aromatic carbocycles. The summed E-state index contributed by atoms with van der Waals surface area (Å²) >= 11 is 0. The summed E-state index contributed by atoms with van der Waals surface area (Å²) in [6.45, 7) is 2.15. The van der Waals surface area contributed by atoms with Crippen LogP contribution in [0.2, 0.25) is 0 Å². The zero-order valence-electron chi connectivity index (χ0n) is 21.8. The topological polar surface area (TPSA) is 88.1 Å². The summed E-state index contributed by atoms with van der Waals surface area (Å²) < 4.78 is 23.4. The number of hydrogen-bond acceptors (Lipinski definition) is 7. The molecule has 0 fully saturated rings. The van der Waals surface area contributed by atoms with Crippen LogP contribution in [0.5, 0.6) is 17.2 Å². The maximum atomic E-state index is 13.6. The van der Waals surface area contributed by atoms with Gasteiger partial charge in [-0.2, -0.15) is 0 Å². The van der Waals surface area contributed by atoms with Crippen molar-refractivity contribution in [3.63, 3.8) is 0 Å². The highest BCUT2D eigenvalue weighted by Crippen LogP contribution is 2.49. The third-order valence-corrected chi connectivity index (χ3v) is 7.26. The van der Waals surface area contributed by atoms with Gasteiger partial charge in [0.1, 0.15) is 35.2 Å². The van der Waals surface area contributed by atoms with E-state index in [2.05, 4.69) is 0 Å². The Morgan fingerprint density at radius 3 is 2.66 bits per heavy atom. The van der Waals surface area contributed by atoms with Crippen molar-refractivity contribution in [3.05, 3.63) is 64.2 Å². The summed E-state index contributed by atoms with van der Waals surface area (Å²) in [5, 5.41) is 0. The van der Waals surface area contributed by atoms with Gasteiger partial charge >= 0.3 is 11.9 Å². The first-order valence-electron chi connectivity index (χ1n) is 13.2. The van der Waals surface area contributed by atoms with Gasteiger partial charge in [0.05, 0.1) is 19.6 Å². The number of hydrogen-bond donors (Lipinski definition) is 0. The lowest BCUT2D eigenvalue weighted by Crippen LogP contribution is -2.26. The molecule has 2 atom stereocenters. The lowest BCUT2D eigenvalue weighted by molar-refractivity contribution is -0.135. The molecule has 0 saturated carbocycles. The van der Waals surface area contributed by atoms with E-state index in [9.17, 15) is 14.4 Å². The second-order valence-corrected chi connectivity index (χ2v) is 10.0. The molecule has 3 aliphatic heterocycles. The number of ether oxygens (including phenoxy) is 4. The van der Waals surface area contributed by atoms with Crippen molar-refractivity contribution >= 4 is 29.9 Å². The van der Waals surface area contributed by atoms with Crippen molar-refractivity contribution in [2.75, 3.05) is 13.7 Å². The molecule has 0 saturated heterocycles. The van der Waals surface area contributed by atoms with Gasteiger partial charge in [0.2, 0.25) is 0 Å². The van der Waals surface area contributed by atoms with Crippen molar-refractivity contribution in [3.8, 4) is 17.2 Å². The number of carbonyl (C=O) groups excluding carboxylic acids is 3. The van der Waals surface area contributed by atoms with E-state index in [0.717, 1.165) is 23.3 Å². The lowest BCUT2D eigenvalue weighted by atomic mass is 9.82. The summed E-state index contributed by atoms with van der Waals surface area (Å²) in [5.41, 5.74) is 3.34. The summed E-state index contributed by atoms with van der Waals surface area (Å²) in [4.78, 5) is 38.4.